The molecule has 60 heavy (non-hydrogen) atoms. The molecule has 0 N–H and O–H groups in total. The van der Waals surface area contributed by atoms with E-state index in [2.05, 4.69) is 246 Å². The molecule has 0 saturated heterocycles. The summed E-state index contributed by atoms with van der Waals surface area (Å²) in [5.41, 5.74) is 13.4. The Hall–Kier alpha value is -7.06. The van der Waals surface area contributed by atoms with E-state index in [-0.39, 0.29) is 13.4 Å². The van der Waals surface area contributed by atoms with Crippen molar-refractivity contribution < 1.29 is 4.57 Å². The van der Waals surface area contributed by atoms with Crippen LogP contribution < -0.4 is 58.5 Å². The van der Waals surface area contributed by atoms with Crippen LogP contribution in [0.4, 0.5) is 34.1 Å². The maximum Gasteiger partial charge on any atom is 0.243 e. The molecule has 0 aromatic heterocycles. The first-order chi connectivity index (χ1) is 29.7. The van der Waals surface area contributed by atoms with Crippen LogP contribution in [0.5, 0.6) is 0 Å². The van der Waals surface area contributed by atoms with E-state index in [1.807, 2.05) is 0 Å². The van der Waals surface area contributed by atoms with Gasteiger partial charge in [0.2, 0.25) is 13.4 Å². The van der Waals surface area contributed by atoms with E-state index in [4.69, 9.17) is 0 Å². The van der Waals surface area contributed by atoms with E-state index in [1.165, 1.54) is 10.9 Å². The quantitative estimate of drug-likeness (QED) is 0.116. The molecule has 0 unspecified atom stereocenters. The van der Waals surface area contributed by atoms with Crippen molar-refractivity contribution >= 4 is 103 Å². The second kappa shape index (κ2) is 15.0. The summed E-state index contributed by atoms with van der Waals surface area (Å²) in [7, 11) is -3.26. The van der Waals surface area contributed by atoms with Crippen LogP contribution in [0.1, 0.15) is 0 Å². The van der Waals surface area contributed by atoms with Gasteiger partial charge in [-0.15, -0.1) is 0 Å². The van der Waals surface area contributed by atoms with Crippen LogP contribution in [0.2, 0.25) is 0 Å². The van der Waals surface area contributed by atoms with Gasteiger partial charge in [-0.3, -0.25) is 0 Å². The minimum atomic E-state index is -3.26. The lowest BCUT2D eigenvalue weighted by Gasteiger charge is -2.40. The van der Waals surface area contributed by atoms with Gasteiger partial charge in [0.1, 0.15) is 0 Å². The predicted octanol–water partition coefficient (Wildman–Crippen LogP) is 7.92. The topological polar surface area (TPSA) is 23.6 Å². The van der Waals surface area contributed by atoms with Crippen molar-refractivity contribution in [3.8, 4) is 0 Å². The normalized spacial score (nSPS) is 13.1. The van der Waals surface area contributed by atoms with Crippen LogP contribution in [-0.2, 0) is 4.57 Å². The van der Waals surface area contributed by atoms with Gasteiger partial charge in [-0.2, -0.15) is 0 Å². The molecule has 0 radical (unpaired) electrons. The van der Waals surface area contributed by atoms with Gasteiger partial charge in [0.05, 0.1) is 0 Å². The van der Waals surface area contributed by atoms with Crippen molar-refractivity contribution in [3.05, 3.63) is 237 Å². The third-order valence-electron chi connectivity index (χ3n) is 12.2. The van der Waals surface area contributed by atoms with Gasteiger partial charge in [0.25, 0.3) is 0 Å². The molecule has 2 aliphatic rings. The molecule has 0 atom stereocenters. The molecule has 282 valence electrons. The fourth-order valence-corrected chi connectivity index (χ4v) is 13.3. The molecule has 2 heterocycles. The standard InChI is InChI=1S/C54H39B2N2OP/c59-60-52-30-15-13-26-48(52)55(40-32-36-46(37-33-40)57(42-18-5-1-6-19-42)43-20-7-2-8-21-43)50-28-17-29-51(54(50)60)56(49-27-14-16-31-53(49)60)41-34-38-47(39-35-41)58(44-22-9-3-10-23-44)45-24-11-4-12-25-45/h1-39H. The highest BCUT2D eigenvalue weighted by Gasteiger charge is 2.50. The zero-order valence-corrected chi connectivity index (χ0v) is 33.8. The summed E-state index contributed by atoms with van der Waals surface area (Å²) in [6.45, 7) is -0.180. The third-order valence-corrected chi connectivity index (χ3v) is 15.6. The Morgan fingerprint density at radius 1 is 0.283 bits per heavy atom. The lowest BCUT2D eigenvalue weighted by atomic mass is 9.33. The van der Waals surface area contributed by atoms with Crippen molar-refractivity contribution in [2.75, 3.05) is 9.80 Å². The van der Waals surface area contributed by atoms with Crippen LogP contribution in [0.25, 0.3) is 0 Å². The highest BCUT2D eigenvalue weighted by molar-refractivity contribution is 7.88. The van der Waals surface area contributed by atoms with Gasteiger partial charge in [-0.1, -0.05) is 197 Å². The molecule has 9 aromatic rings. The zero-order valence-electron chi connectivity index (χ0n) is 32.9. The average molecular weight is 785 g/mol. The summed E-state index contributed by atoms with van der Waals surface area (Å²) < 4.78 is 16.4. The van der Waals surface area contributed by atoms with E-state index in [9.17, 15) is 0 Å². The highest BCUT2D eigenvalue weighted by atomic mass is 31.2. The Balaban J connectivity index is 1.05. The molecule has 0 aliphatic carbocycles. The summed E-state index contributed by atoms with van der Waals surface area (Å²) in [4.78, 5) is 4.59. The van der Waals surface area contributed by atoms with Gasteiger partial charge in [0, 0.05) is 50.0 Å². The predicted molar refractivity (Wildman–Crippen MR) is 257 cm³/mol. The minimum Gasteiger partial charge on any atom is -0.311 e. The number of nitrogens with zero attached hydrogens (tertiary/aromatic N) is 2. The first-order valence-corrected chi connectivity index (χ1v) is 22.3. The van der Waals surface area contributed by atoms with Gasteiger partial charge in [-0.25, -0.2) is 0 Å². The molecule has 3 nitrogen and oxygen atoms in total. The monoisotopic (exact) mass is 784 g/mol. The fourth-order valence-electron chi connectivity index (χ4n) is 9.70. The Morgan fingerprint density at radius 2 is 0.567 bits per heavy atom. The molecule has 0 bridgehead atoms. The van der Waals surface area contributed by atoms with Crippen LogP contribution in [0.3, 0.4) is 0 Å². The van der Waals surface area contributed by atoms with Crippen LogP contribution in [-0.4, -0.2) is 13.4 Å². The number of para-hydroxylation sites is 4. The largest absolute Gasteiger partial charge is 0.311 e. The summed E-state index contributed by atoms with van der Waals surface area (Å²) in [5.74, 6) is 0. The summed E-state index contributed by atoms with van der Waals surface area (Å²) in [6, 6.07) is 83.7. The molecule has 6 heteroatoms. The van der Waals surface area contributed by atoms with Gasteiger partial charge >= 0.3 is 0 Å². The zero-order chi connectivity index (χ0) is 40.0. The second-order valence-electron chi connectivity index (χ2n) is 15.6. The number of fused-ring (bicyclic) bond motifs is 4. The minimum absolute atomic E-state index is 0.0900. The van der Waals surface area contributed by atoms with Crippen molar-refractivity contribution in [3.63, 3.8) is 0 Å². The third kappa shape index (κ3) is 5.88. The Morgan fingerprint density at radius 3 is 0.917 bits per heavy atom. The summed E-state index contributed by atoms with van der Waals surface area (Å²) >= 11 is 0. The van der Waals surface area contributed by atoms with Crippen LogP contribution >= 0.6 is 7.14 Å². The van der Waals surface area contributed by atoms with Gasteiger partial charge in [-0.05, 0) is 72.8 Å². The van der Waals surface area contributed by atoms with Gasteiger partial charge in [0.15, 0.2) is 7.14 Å². The SMILES string of the molecule is O=P12c3ccccc3B(c3ccc(N(c4ccccc4)c4ccccc4)cc3)c3cccc(c31)B(c1ccc(N(c3ccccc3)c3ccccc3)cc1)c1ccccc12. The van der Waals surface area contributed by atoms with Crippen molar-refractivity contribution in [1.82, 2.24) is 0 Å². The Labute approximate surface area is 352 Å². The number of hydrogen-bond donors (Lipinski definition) is 0. The number of anilines is 6. The van der Waals surface area contributed by atoms with E-state index in [0.29, 0.717) is 0 Å². The van der Waals surface area contributed by atoms with Crippen LogP contribution in [0.15, 0.2) is 237 Å². The molecular weight excluding hydrogens is 745 g/mol. The van der Waals surface area contributed by atoms with Crippen LogP contribution in [0, 0.1) is 0 Å². The highest BCUT2D eigenvalue weighted by Crippen LogP contribution is 2.44. The molecule has 2 aliphatic heterocycles. The maximum atomic E-state index is 16.4. The first-order valence-electron chi connectivity index (χ1n) is 20.6. The average Bonchev–Trinajstić information content (AvgIpc) is 3.32. The van der Waals surface area contributed by atoms with E-state index >= 15 is 4.57 Å². The number of hydrogen-bond acceptors (Lipinski definition) is 3. The fraction of sp³-hybridized carbons (Fsp3) is 0. The van der Waals surface area contributed by atoms with Crippen molar-refractivity contribution in [2.45, 2.75) is 0 Å². The van der Waals surface area contributed by atoms with E-state index in [0.717, 1.165) is 71.9 Å². The molecule has 11 rings (SSSR count). The smallest absolute Gasteiger partial charge is 0.243 e. The number of benzene rings is 9. The van der Waals surface area contributed by atoms with Crippen molar-refractivity contribution in [1.29, 1.82) is 0 Å². The molecule has 9 aromatic carbocycles. The lowest BCUT2D eigenvalue weighted by molar-refractivity contribution is 0.592. The molecule has 0 amide bonds. The second-order valence-corrected chi connectivity index (χ2v) is 18.2. The molecular formula is C54H39B2N2OP. The molecule has 0 fully saturated rings. The summed E-state index contributed by atoms with van der Waals surface area (Å²) in [5, 5.41) is 2.88. The number of rotatable bonds is 8. The lowest BCUT2D eigenvalue weighted by Crippen LogP contribution is -2.74. The van der Waals surface area contributed by atoms with Gasteiger partial charge < -0.3 is 14.4 Å². The summed E-state index contributed by atoms with van der Waals surface area (Å²) in [6.07, 6.45) is 0. The molecule has 0 saturated carbocycles. The maximum absolute atomic E-state index is 16.4. The van der Waals surface area contributed by atoms with E-state index < -0.39 is 7.14 Å². The van der Waals surface area contributed by atoms with Crippen molar-refractivity contribution in [2.24, 2.45) is 0 Å². The first kappa shape index (κ1) is 36.1. The molecule has 0 spiro atoms. The van der Waals surface area contributed by atoms with E-state index in [1.54, 1.807) is 0 Å². The Kier molecular flexibility index (Phi) is 8.98. The Bertz CT molecular complexity index is 2740.